The number of aromatic nitrogens is 1. The van der Waals surface area contributed by atoms with Crippen molar-refractivity contribution < 1.29 is 9.59 Å². The van der Waals surface area contributed by atoms with Crippen LogP contribution >= 0.6 is 0 Å². The molecule has 0 atom stereocenters. The van der Waals surface area contributed by atoms with Gasteiger partial charge in [0.2, 0.25) is 0 Å². The topological polar surface area (TPSA) is 74.3 Å². The number of para-hydroxylation sites is 1. The molecule has 3 aromatic rings. The zero-order chi connectivity index (χ0) is 28.7. The van der Waals surface area contributed by atoms with Gasteiger partial charge in [-0.3, -0.25) is 9.78 Å². The van der Waals surface area contributed by atoms with Crippen molar-refractivity contribution in [3.8, 4) is 0 Å². The predicted molar refractivity (Wildman–Crippen MR) is 163 cm³/mol. The van der Waals surface area contributed by atoms with Crippen LogP contribution in [0, 0.1) is 0 Å². The smallest absolute Gasteiger partial charge is 0.322 e. The number of hydrogen-bond acceptors (Lipinski definition) is 3. The first-order valence-electron chi connectivity index (χ1n) is 14.7. The van der Waals surface area contributed by atoms with Gasteiger partial charge in [0.1, 0.15) is 0 Å². The summed E-state index contributed by atoms with van der Waals surface area (Å²) < 4.78 is 0. The first-order valence-corrected chi connectivity index (χ1v) is 14.7. The zero-order valence-corrected chi connectivity index (χ0v) is 24.7. The highest BCUT2D eigenvalue weighted by Gasteiger charge is 2.38. The fourth-order valence-electron chi connectivity index (χ4n) is 6.02. The maximum Gasteiger partial charge on any atom is 0.322 e. The molecule has 2 N–H and O–H groups in total. The average molecular weight is 541 g/mol. The molecule has 1 heterocycles. The van der Waals surface area contributed by atoms with E-state index in [2.05, 4.69) is 62.6 Å². The normalized spacial score (nSPS) is 14.7. The van der Waals surface area contributed by atoms with Crippen LogP contribution in [-0.2, 0) is 12.0 Å². The highest BCUT2D eigenvalue weighted by Crippen LogP contribution is 2.40. The number of urea groups is 1. The van der Waals surface area contributed by atoms with Crippen molar-refractivity contribution in [1.29, 1.82) is 0 Å². The monoisotopic (exact) mass is 540 g/mol. The van der Waals surface area contributed by atoms with Gasteiger partial charge in [0, 0.05) is 48.7 Å². The number of anilines is 1. The molecule has 3 amide bonds. The molecule has 1 fully saturated rings. The average Bonchev–Trinajstić information content (AvgIpc) is 2.97. The van der Waals surface area contributed by atoms with Crippen LogP contribution < -0.4 is 10.6 Å². The third-order valence-electron chi connectivity index (χ3n) is 8.19. The third-order valence-corrected chi connectivity index (χ3v) is 8.19. The van der Waals surface area contributed by atoms with Crippen LogP contribution in [0.5, 0.6) is 0 Å². The van der Waals surface area contributed by atoms with Gasteiger partial charge in [-0.1, -0.05) is 83.4 Å². The summed E-state index contributed by atoms with van der Waals surface area (Å²) in [5, 5.41) is 6.06. The molecule has 1 aromatic heterocycles. The van der Waals surface area contributed by atoms with Crippen LogP contribution in [0.1, 0.15) is 104 Å². The highest BCUT2D eigenvalue weighted by atomic mass is 16.2. The first-order chi connectivity index (χ1) is 19.2. The van der Waals surface area contributed by atoms with Gasteiger partial charge in [0.25, 0.3) is 5.91 Å². The predicted octanol–water partition coefficient (Wildman–Crippen LogP) is 7.62. The van der Waals surface area contributed by atoms with E-state index in [-0.39, 0.29) is 29.2 Å². The maximum absolute atomic E-state index is 14.3. The van der Waals surface area contributed by atoms with Gasteiger partial charge in [-0.05, 0) is 65.6 Å². The van der Waals surface area contributed by atoms with E-state index in [1.54, 1.807) is 13.1 Å². The van der Waals surface area contributed by atoms with Crippen molar-refractivity contribution in [2.24, 2.45) is 0 Å². The Morgan fingerprint density at radius 3 is 2.17 bits per heavy atom. The molecule has 2 aromatic carbocycles. The summed E-state index contributed by atoms with van der Waals surface area (Å²) in [5.74, 6) is 0.400. The van der Waals surface area contributed by atoms with Crippen LogP contribution in [0.15, 0.2) is 66.9 Å². The van der Waals surface area contributed by atoms with Crippen LogP contribution in [0.2, 0.25) is 0 Å². The SMILES string of the molecule is CNC(=O)c1cccc(CN(CC2(c3ccccn3)CCCCC2)C(=O)Nc2c(C(C)C)cccc2C(C)C)c1. The van der Waals surface area contributed by atoms with E-state index in [1.165, 1.54) is 6.42 Å². The summed E-state index contributed by atoms with van der Waals surface area (Å²) in [7, 11) is 1.63. The first kappa shape index (κ1) is 29.3. The van der Waals surface area contributed by atoms with Crippen LogP contribution in [0.25, 0.3) is 0 Å². The Bertz CT molecular complexity index is 1270. The molecule has 6 heteroatoms. The van der Waals surface area contributed by atoms with Gasteiger partial charge in [0.15, 0.2) is 0 Å². The molecule has 0 saturated heterocycles. The van der Waals surface area contributed by atoms with E-state index in [0.29, 0.717) is 18.7 Å². The van der Waals surface area contributed by atoms with Crippen molar-refractivity contribution >= 4 is 17.6 Å². The van der Waals surface area contributed by atoms with Crippen molar-refractivity contribution in [3.63, 3.8) is 0 Å². The van der Waals surface area contributed by atoms with Gasteiger partial charge < -0.3 is 15.5 Å². The molecular formula is C34H44N4O2. The number of rotatable bonds is 9. The number of amides is 3. The number of nitrogens with zero attached hydrogens (tertiary/aromatic N) is 2. The number of pyridine rings is 1. The van der Waals surface area contributed by atoms with E-state index < -0.39 is 0 Å². The molecule has 40 heavy (non-hydrogen) atoms. The maximum atomic E-state index is 14.3. The second-order valence-corrected chi connectivity index (χ2v) is 11.7. The lowest BCUT2D eigenvalue weighted by molar-refractivity contribution is 0.0963. The molecule has 6 nitrogen and oxygen atoms in total. The molecular weight excluding hydrogens is 496 g/mol. The Hall–Kier alpha value is -3.67. The number of carbonyl (C=O) groups is 2. The standard InChI is InChI=1S/C34H44N4O2/c1-24(2)28-15-12-16-29(25(3)4)31(28)37-33(40)38(22-26-13-11-14-27(21-26)32(39)35-5)23-34(18-8-6-9-19-34)30-17-7-10-20-36-30/h7,10-17,20-21,24-25H,6,8-9,18-19,22-23H2,1-5H3,(H,35,39)(H,37,40). The molecule has 1 aliphatic carbocycles. The van der Waals surface area contributed by atoms with E-state index >= 15 is 0 Å². The summed E-state index contributed by atoms with van der Waals surface area (Å²) in [5.41, 5.74) is 5.54. The summed E-state index contributed by atoms with van der Waals surface area (Å²) >= 11 is 0. The lowest BCUT2D eigenvalue weighted by Gasteiger charge is -2.41. The Morgan fingerprint density at radius 2 is 1.57 bits per heavy atom. The van der Waals surface area contributed by atoms with Crippen molar-refractivity contribution in [1.82, 2.24) is 15.2 Å². The Balaban J connectivity index is 1.74. The molecule has 1 saturated carbocycles. The lowest BCUT2D eigenvalue weighted by Crippen LogP contribution is -2.46. The molecule has 4 rings (SSSR count). The minimum atomic E-state index is -0.215. The van der Waals surface area contributed by atoms with Gasteiger partial charge in [0.05, 0.1) is 0 Å². The molecule has 0 unspecified atom stereocenters. The highest BCUT2D eigenvalue weighted by molar-refractivity contribution is 5.94. The zero-order valence-electron chi connectivity index (χ0n) is 24.7. The van der Waals surface area contributed by atoms with Gasteiger partial charge in [-0.15, -0.1) is 0 Å². The third kappa shape index (κ3) is 6.72. The molecule has 1 aliphatic rings. The lowest BCUT2D eigenvalue weighted by atomic mass is 9.71. The van der Waals surface area contributed by atoms with Gasteiger partial charge in [-0.2, -0.15) is 0 Å². The van der Waals surface area contributed by atoms with E-state index in [1.807, 2.05) is 41.4 Å². The fraction of sp³-hybridized carbons (Fsp3) is 0.441. The van der Waals surface area contributed by atoms with E-state index in [0.717, 1.165) is 53.8 Å². The summed E-state index contributed by atoms with van der Waals surface area (Å²) in [6, 6.07) is 19.8. The second-order valence-electron chi connectivity index (χ2n) is 11.7. The number of carbonyl (C=O) groups excluding carboxylic acids is 2. The van der Waals surface area contributed by atoms with Gasteiger partial charge in [-0.25, -0.2) is 4.79 Å². The quantitative estimate of drug-likeness (QED) is 0.293. The summed E-state index contributed by atoms with van der Waals surface area (Å²) in [4.78, 5) is 33.4. The fourth-order valence-corrected chi connectivity index (χ4v) is 6.02. The minimum absolute atomic E-state index is 0.124. The van der Waals surface area contributed by atoms with Crippen molar-refractivity contribution in [2.75, 3.05) is 18.9 Å². The van der Waals surface area contributed by atoms with Crippen LogP contribution in [-0.4, -0.2) is 35.4 Å². The number of benzene rings is 2. The molecule has 0 spiro atoms. The van der Waals surface area contributed by atoms with Crippen LogP contribution in [0.3, 0.4) is 0 Å². The molecule has 0 aliphatic heterocycles. The summed E-state index contributed by atoms with van der Waals surface area (Å²) in [6.07, 6.45) is 7.28. The van der Waals surface area contributed by atoms with E-state index in [9.17, 15) is 9.59 Å². The largest absolute Gasteiger partial charge is 0.355 e. The Kier molecular flexibility index (Phi) is 9.62. The van der Waals surface area contributed by atoms with Crippen molar-refractivity contribution in [3.05, 3.63) is 94.8 Å². The van der Waals surface area contributed by atoms with Crippen LogP contribution in [0.4, 0.5) is 10.5 Å². The number of hydrogen-bond donors (Lipinski definition) is 2. The Morgan fingerprint density at radius 1 is 0.900 bits per heavy atom. The van der Waals surface area contributed by atoms with E-state index in [4.69, 9.17) is 4.98 Å². The molecule has 0 radical (unpaired) electrons. The van der Waals surface area contributed by atoms with Gasteiger partial charge >= 0.3 is 6.03 Å². The second kappa shape index (κ2) is 13.1. The molecule has 0 bridgehead atoms. The molecule has 212 valence electrons. The summed E-state index contributed by atoms with van der Waals surface area (Å²) in [6.45, 7) is 9.60. The minimum Gasteiger partial charge on any atom is -0.355 e. The number of nitrogens with one attached hydrogen (secondary N) is 2. The van der Waals surface area contributed by atoms with Crippen molar-refractivity contribution in [2.45, 2.75) is 83.6 Å². The Labute approximate surface area is 239 Å².